The van der Waals surface area contributed by atoms with E-state index in [9.17, 15) is 14.4 Å². The number of carbonyl (C=O) groups excluding carboxylic acids is 1. The zero-order chi connectivity index (χ0) is 15.4. The Kier molecular flexibility index (Phi) is 4.07. The number of aromatic amines is 1. The first-order valence-corrected chi connectivity index (χ1v) is 6.03. The Bertz CT molecular complexity index is 778. The van der Waals surface area contributed by atoms with Crippen LogP contribution in [0.4, 0.5) is 11.4 Å². The molecule has 1 amide bonds. The van der Waals surface area contributed by atoms with Crippen LogP contribution < -0.4 is 26.9 Å². The number of nitrogens with two attached hydrogens (primary N) is 1. The molecule has 1 aromatic heterocycles. The van der Waals surface area contributed by atoms with Crippen molar-refractivity contribution >= 4 is 17.3 Å². The van der Waals surface area contributed by atoms with E-state index in [1.807, 2.05) is 0 Å². The maximum absolute atomic E-state index is 11.9. The van der Waals surface area contributed by atoms with Gasteiger partial charge in [0.05, 0.1) is 18.5 Å². The van der Waals surface area contributed by atoms with Crippen LogP contribution in [-0.2, 0) is 11.3 Å². The molecule has 2 rings (SSSR count). The fraction of sp³-hybridized carbons (Fsp3) is 0.154. The molecular weight excluding hydrogens is 276 g/mol. The molecule has 8 nitrogen and oxygen atoms in total. The van der Waals surface area contributed by atoms with Crippen molar-refractivity contribution in [2.24, 2.45) is 0 Å². The molecule has 21 heavy (non-hydrogen) atoms. The molecule has 0 aliphatic rings. The van der Waals surface area contributed by atoms with Crippen molar-refractivity contribution in [3.8, 4) is 5.75 Å². The van der Waals surface area contributed by atoms with Gasteiger partial charge >= 0.3 is 0 Å². The number of methoxy groups -OCH3 is 1. The van der Waals surface area contributed by atoms with Gasteiger partial charge in [-0.2, -0.15) is 0 Å². The van der Waals surface area contributed by atoms with Crippen LogP contribution in [0.15, 0.2) is 39.9 Å². The van der Waals surface area contributed by atoms with Crippen molar-refractivity contribution in [2.75, 3.05) is 18.2 Å². The maximum atomic E-state index is 11.9. The van der Waals surface area contributed by atoms with E-state index in [2.05, 4.69) is 10.4 Å². The first-order chi connectivity index (χ1) is 9.99. The van der Waals surface area contributed by atoms with Gasteiger partial charge in [0.1, 0.15) is 12.3 Å². The number of aromatic nitrogens is 2. The van der Waals surface area contributed by atoms with E-state index in [0.29, 0.717) is 17.1 Å². The summed E-state index contributed by atoms with van der Waals surface area (Å²) in [6.07, 6.45) is 0. The highest BCUT2D eigenvalue weighted by Gasteiger charge is 2.08. The van der Waals surface area contributed by atoms with Crippen LogP contribution in [0, 0.1) is 0 Å². The summed E-state index contributed by atoms with van der Waals surface area (Å²) in [7, 11) is 1.51. The fourth-order valence-corrected chi connectivity index (χ4v) is 1.69. The summed E-state index contributed by atoms with van der Waals surface area (Å²) in [4.78, 5) is 34.5. The summed E-state index contributed by atoms with van der Waals surface area (Å²) in [5.74, 6) is 0.0740. The molecule has 0 spiro atoms. The van der Waals surface area contributed by atoms with E-state index in [4.69, 9.17) is 10.5 Å². The van der Waals surface area contributed by atoms with Crippen molar-refractivity contribution in [3.63, 3.8) is 0 Å². The lowest BCUT2D eigenvalue weighted by molar-refractivity contribution is -0.117. The summed E-state index contributed by atoms with van der Waals surface area (Å²) < 4.78 is 5.92. The Hall–Kier alpha value is -3.03. The molecule has 0 saturated heterocycles. The van der Waals surface area contributed by atoms with Gasteiger partial charge in [-0.1, -0.05) is 0 Å². The van der Waals surface area contributed by atoms with Crippen LogP contribution in [0.5, 0.6) is 5.75 Å². The number of hydrogen-bond acceptors (Lipinski definition) is 5. The highest BCUT2D eigenvalue weighted by Crippen LogP contribution is 2.23. The summed E-state index contributed by atoms with van der Waals surface area (Å²) in [5, 5.41) is 4.82. The smallest absolute Gasteiger partial charge is 0.265 e. The molecule has 0 radical (unpaired) electrons. The first kappa shape index (κ1) is 14.4. The van der Waals surface area contributed by atoms with Gasteiger partial charge in [-0.25, -0.2) is 4.68 Å². The molecule has 0 atom stereocenters. The quantitative estimate of drug-likeness (QED) is 0.672. The van der Waals surface area contributed by atoms with E-state index < -0.39 is 17.0 Å². The second-order valence-corrected chi connectivity index (χ2v) is 4.24. The van der Waals surface area contributed by atoms with Gasteiger partial charge in [0.15, 0.2) is 0 Å². The Labute approximate surface area is 119 Å². The van der Waals surface area contributed by atoms with Gasteiger partial charge in [-0.05, 0) is 12.1 Å². The number of carbonyl (C=O) groups is 1. The Morgan fingerprint density at radius 2 is 2.10 bits per heavy atom. The van der Waals surface area contributed by atoms with Crippen LogP contribution in [0.3, 0.4) is 0 Å². The van der Waals surface area contributed by atoms with Crippen LogP contribution in [0.25, 0.3) is 0 Å². The van der Waals surface area contributed by atoms with Gasteiger partial charge in [-0.15, -0.1) is 0 Å². The average Bonchev–Trinajstić information content (AvgIpc) is 2.45. The van der Waals surface area contributed by atoms with Gasteiger partial charge in [0.25, 0.3) is 11.1 Å². The lowest BCUT2D eigenvalue weighted by atomic mass is 10.2. The lowest BCUT2D eigenvalue weighted by Crippen LogP contribution is -2.32. The third kappa shape index (κ3) is 3.50. The van der Waals surface area contributed by atoms with E-state index in [1.165, 1.54) is 7.11 Å². The molecule has 110 valence electrons. The first-order valence-electron chi connectivity index (χ1n) is 6.03. The van der Waals surface area contributed by atoms with Gasteiger partial charge < -0.3 is 15.8 Å². The molecule has 0 aliphatic heterocycles. The van der Waals surface area contributed by atoms with Crippen LogP contribution >= 0.6 is 0 Å². The third-order valence-electron chi connectivity index (χ3n) is 2.72. The Morgan fingerprint density at radius 1 is 1.33 bits per heavy atom. The predicted molar refractivity (Wildman–Crippen MR) is 77.4 cm³/mol. The second-order valence-electron chi connectivity index (χ2n) is 4.24. The molecule has 0 bridgehead atoms. The molecule has 4 N–H and O–H groups in total. The lowest BCUT2D eigenvalue weighted by Gasteiger charge is -2.10. The third-order valence-corrected chi connectivity index (χ3v) is 2.72. The number of anilines is 2. The molecule has 2 aromatic rings. The number of amides is 1. The molecule has 8 heteroatoms. The zero-order valence-corrected chi connectivity index (χ0v) is 11.3. The molecule has 1 heterocycles. The van der Waals surface area contributed by atoms with Crippen molar-refractivity contribution in [2.45, 2.75) is 6.54 Å². The molecule has 1 aromatic carbocycles. The Morgan fingerprint density at radius 3 is 2.76 bits per heavy atom. The SMILES string of the molecule is COc1ccc(NC(=O)Cn2[nH]c(=O)ccc2=O)c(N)c1. The van der Waals surface area contributed by atoms with Crippen molar-refractivity contribution < 1.29 is 9.53 Å². The number of H-pyrrole nitrogens is 1. The summed E-state index contributed by atoms with van der Waals surface area (Å²) >= 11 is 0. The monoisotopic (exact) mass is 290 g/mol. The van der Waals surface area contributed by atoms with Crippen LogP contribution in [0.1, 0.15) is 0 Å². The maximum Gasteiger partial charge on any atom is 0.265 e. The number of nitrogens with one attached hydrogen (secondary N) is 2. The zero-order valence-electron chi connectivity index (χ0n) is 11.3. The van der Waals surface area contributed by atoms with E-state index in [-0.39, 0.29) is 6.54 Å². The molecule has 0 unspecified atom stereocenters. The van der Waals surface area contributed by atoms with Gasteiger partial charge in [-0.3, -0.25) is 19.5 Å². The number of ether oxygens (including phenoxy) is 1. The highest BCUT2D eigenvalue weighted by molar-refractivity contribution is 5.93. The number of nitrogen functional groups attached to an aromatic ring is 1. The number of benzene rings is 1. The minimum absolute atomic E-state index is 0.319. The number of nitrogens with zero attached hydrogens (tertiary/aromatic N) is 1. The summed E-state index contributed by atoms with van der Waals surface area (Å²) in [5.41, 5.74) is 5.55. The standard InChI is InChI=1S/C13H14N4O4/c1-21-8-2-3-10(9(14)6-8)15-12(19)7-17-13(20)5-4-11(18)16-17/h2-6H,7,14H2,1H3,(H,15,19)(H,16,18). The average molecular weight is 290 g/mol. The van der Waals surface area contributed by atoms with Crippen LogP contribution in [-0.4, -0.2) is 22.8 Å². The molecular formula is C13H14N4O4. The van der Waals surface area contributed by atoms with Crippen molar-refractivity contribution in [1.29, 1.82) is 0 Å². The highest BCUT2D eigenvalue weighted by atomic mass is 16.5. The topological polar surface area (TPSA) is 119 Å². The van der Waals surface area contributed by atoms with E-state index in [0.717, 1.165) is 16.8 Å². The molecule has 0 saturated carbocycles. The van der Waals surface area contributed by atoms with E-state index in [1.54, 1.807) is 18.2 Å². The number of hydrogen-bond donors (Lipinski definition) is 3. The summed E-state index contributed by atoms with van der Waals surface area (Å²) in [6.45, 7) is -0.319. The van der Waals surface area contributed by atoms with Gasteiger partial charge in [0.2, 0.25) is 5.91 Å². The second kappa shape index (κ2) is 5.95. The molecule has 0 aliphatic carbocycles. The largest absolute Gasteiger partial charge is 0.497 e. The van der Waals surface area contributed by atoms with Crippen LogP contribution in [0.2, 0.25) is 0 Å². The molecule has 0 fully saturated rings. The minimum Gasteiger partial charge on any atom is -0.497 e. The van der Waals surface area contributed by atoms with Gasteiger partial charge in [0, 0.05) is 18.2 Å². The normalized spacial score (nSPS) is 10.1. The van der Waals surface area contributed by atoms with Crippen molar-refractivity contribution in [3.05, 3.63) is 51.0 Å². The number of rotatable bonds is 4. The minimum atomic E-state index is -0.490. The van der Waals surface area contributed by atoms with Crippen molar-refractivity contribution in [1.82, 2.24) is 9.78 Å². The summed E-state index contributed by atoms with van der Waals surface area (Å²) in [6, 6.07) is 6.98. The fourth-order valence-electron chi connectivity index (χ4n) is 1.69. The Balaban J connectivity index is 2.13. The van der Waals surface area contributed by atoms with E-state index >= 15 is 0 Å². The predicted octanol–water partition coefficient (Wildman–Crippen LogP) is -0.234.